The zero-order valence-corrected chi connectivity index (χ0v) is 11.6. The van der Waals surface area contributed by atoms with E-state index in [2.05, 4.69) is 38.3 Å². The molecule has 96 valence electrons. The molecular weight excluding hydrogens is 196 g/mol. The van der Waals surface area contributed by atoms with Crippen molar-refractivity contribution in [2.75, 3.05) is 13.1 Å². The van der Waals surface area contributed by atoms with E-state index in [4.69, 9.17) is 0 Å². The van der Waals surface area contributed by atoms with Crippen molar-refractivity contribution in [1.29, 1.82) is 0 Å². The van der Waals surface area contributed by atoms with Crippen LogP contribution in [0.1, 0.15) is 53.4 Å². The molecule has 0 bridgehead atoms. The van der Waals surface area contributed by atoms with Crippen molar-refractivity contribution in [1.82, 2.24) is 10.6 Å². The normalized spacial score (nSPS) is 29.6. The molecule has 0 amide bonds. The number of hydrogen-bond acceptors (Lipinski definition) is 2. The maximum Gasteiger partial charge on any atom is 0.00905 e. The molecule has 0 radical (unpaired) electrons. The Morgan fingerprint density at radius 3 is 1.25 bits per heavy atom. The van der Waals surface area contributed by atoms with Gasteiger partial charge in [0.2, 0.25) is 0 Å². The fourth-order valence-electron chi connectivity index (χ4n) is 2.56. The summed E-state index contributed by atoms with van der Waals surface area (Å²) in [4.78, 5) is 0. The standard InChI is InChI=1S/2C7H15N/c2*1-6(2)7-4-3-5-8-7/h2*6-8H,3-5H2,1-2H3/t2*7-/m10/s1. The van der Waals surface area contributed by atoms with Gasteiger partial charge < -0.3 is 10.6 Å². The molecular formula is C14H30N2. The molecule has 2 aliphatic heterocycles. The van der Waals surface area contributed by atoms with E-state index in [1.54, 1.807) is 0 Å². The Morgan fingerprint density at radius 1 is 0.750 bits per heavy atom. The van der Waals surface area contributed by atoms with Crippen LogP contribution < -0.4 is 10.6 Å². The SMILES string of the molecule is CC(C)[C@@H]1CCCN1.CC(C)[C@H]1CCCN1. The van der Waals surface area contributed by atoms with Crippen LogP contribution in [-0.4, -0.2) is 25.2 Å². The van der Waals surface area contributed by atoms with E-state index in [9.17, 15) is 0 Å². The van der Waals surface area contributed by atoms with E-state index >= 15 is 0 Å². The van der Waals surface area contributed by atoms with Gasteiger partial charge >= 0.3 is 0 Å². The molecule has 0 aliphatic carbocycles. The molecule has 2 rings (SSSR count). The van der Waals surface area contributed by atoms with Crippen LogP contribution in [0.25, 0.3) is 0 Å². The van der Waals surface area contributed by atoms with E-state index in [-0.39, 0.29) is 0 Å². The summed E-state index contributed by atoms with van der Waals surface area (Å²) in [6.07, 6.45) is 5.53. The lowest BCUT2D eigenvalue weighted by atomic mass is 10.0. The van der Waals surface area contributed by atoms with Gasteiger partial charge in [0.15, 0.2) is 0 Å². The van der Waals surface area contributed by atoms with Crippen LogP contribution in [0, 0.1) is 11.8 Å². The van der Waals surface area contributed by atoms with Crippen molar-refractivity contribution < 1.29 is 0 Å². The van der Waals surface area contributed by atoms with E-state index in [0.717, 1.165) is 23.9 Å². The minimum absolute atomic E-state index is 0.815. The smallest absolute Gasteiger partial charge is 0.00905 e. The number of nitrogens with one attached hydrogen (secondary N) is 2. The quantitative estimate of drug-likeness (QED) is 0.756. The summed E-state index contributed by atoms with van der Waals surface area (Å²) < 4.78 is 0. The lowest BCUT2D eigenvalue weighted by molar-refractivity contribution is 0.452. The summed E-state index contributed by atoms with van der Waals surface area (Å²) in [6.45, 7) is 11.6. The highest BCUT2D eigenvalue weighted by molar-refractivity contribution is 4.76. The highest BCUT2D eigenvalue weighted by Gasteiger charge is 2.16. The Balaban J connectivity index is 0.000000160. The first-order chi connectivity index (χ1) is 7.61. The Bertz CT molecular complexity index is 146. The molecule has 0 saturated carbocycles. The first kappa shape index (κ1) is 14.0. The number of hydrogen-bond donors (Lipinski definition) is 2. The lowest BCUT2D eigenvalue weighted by Crippen LogP contribution is -2.26. The third-order valence-electron chi connectivity index (χ3n) is 3.81. The maximum absolute atomic E-state index is 3.46. The van der Waals surface area contributed by atoms with Gasteiger partial charge in [-0.1, -0.05) is 27.7 Å². The fourth-order valence-corrected chi connectivity index (χ4v) is 2.56. The molecule has 0 unspecified atom stereocenters. The molecule has 2 fully saturated rings. The molecule has 2 nitrogen and oxygen atoms in total. The largest absolute Gasteiger partial charge is 0.314 e. The van der Waals surface area contributed by atoms with Crippen LogP contribution in [-0.2, 0) is 0 Å². The van der Waals surface area contributed by atoms with Crippen LogP contribution in [0.15, 0.2) is 0 Å². The fraction of sp³-hybridized carbons (Fsp3) is 1.00. The van der Waals surface area contributed by atoms with Gasteiger partial charge in [0, 0.05) is 12.1 Å². The zero-order chi connectivity index (χ0) is 12.0. The molecule has 2 heterocycles. The number of rotatable bonds is 2. The third kappa shape index (κ3) is 4.84. The van der Waals surface area contributed by atoms with E-state index in [0.29, 0.717) is 0 Å². The second-order valence-electron chi connectivity index (χ2n) is 5.89. The summed E-state index contributed by atoms with van der Waals surface area (Å²) >= 11 is 0. The van der Waals surface area contributed by atoms with Crippen LogP contribution >= 0.6 is 0 Å². The van der Waals surface area contributed by atoms with Gasteiger partial charge in [-0.2, -0.15) is 0 Å². The van der Waals surface area contributed by atoms with E-state index in [1.807, 2.05) is 0 Å². The van der Waals surface area contributed by atoms with Crippen LogP contribution in [0.3, 0.4) is 0 Å². The predicted molar refractivity (Wildman–Crippen MR) is 71.7 cm³/mol. The van der Waals surface area contributed by atoms with Crippen LogP contribution in [0.4, 0.5) is 0 Å². The van der Waals surface area contributed by atoms with Crippen molar-refractivity contribution in [2.45, 2.75) is 65.5 Å². The molecule has 2 heteroatoms. The molecule has 0 aromatic heterocycles. The predicted octanol–water partition coefficient (Wildman–Crippen LogP) is 2.79. The Hall–Kier alpha value is -0.0800. The Kier molecular flexibility index (Phi) is 6.37. The van der Waals surface area contributed by atoms with Crippen LogP contribution in [0.5, 0.6) is 0 Å². The Morgan fingerprint density at radius 2 is 1.12 bits per heavy atom. The third-order valence-corrected chi connectivity index (χ3v) is 3.81. The van der Waals surface area contributed by atoms with Crippen molar-refractivity contribution >= 4 is 0 Å². The summed E-state index contributed by atoms with van der Waals surface area (Å²) in [5, 5.41) is 6.91. The Labute approximate surface area is 102 Å². The van der Waals surface area contributed by atoms with Gasteiger partial charge in [-0.05, 0) is 50.6 Å². The average Bonchev–Trinajstić information content (AvgIpc) is 2.93. The lowest BCUT2D eigenvalue weighted by Gasteiger charge is -2.12. The van der Waals surface area contributed by atoms with Crippen molar-refractivity contribution in [3.63, 3.8) is 0 Å². The van der Waals surface area contributed by atoms with Gasteiger partial charge in [0.1, 0.15) is 0 Å². The molecule has 0 aromatic rings. The second-order valence-corrected chi connectivity index (χ2v) is 5.89. The average molecular weight is 226 g/mol. The highest BCUT2D eigenvalue weighted by Crippen LogP contribution is 2.13. The van der Waals surface area contributed by atoms with Crippen molar-refractivity contribution in [3.8, 4) is 0 Å². The van der Waals surface area contributed by atoms with Gasteiger partial charge in [-0.25, -0.2) is 0 Å². The molecule has 2 saturated heterocycles. The topological polar surface area (TPSA) is 24.1 Å². The minimum atomic E-state index is 0.815. The minimum Gasteiger partial charge on any atom is -0.314 e. The van der Waals surface area contributed by atoms with Crippen molar-refractivity contribution in [2.24, 2.45) is 11.8 Å². The van der Waals surface area contributed by atoms with E-state index in [1.165, 1.54) is 38.8 Å². The van der Waals surface area contributed by atoms with E-state index < -0.39 is 0 Å². The molecule has 2 aliphatic rings. The zero-order valence-electron chi connectivity index (χ0n) is 11.6. The second kappa shape index (κ2) is 7.29. The van der Waals surface area contributed by atoms with Gasteiger partial charge in [-0.3, -0.25) is 0 Å². The van der Waals surface area contributed by atoms with Gasteiger partial charge in [0.05, 0.1) is 0 Å². The molecule has 0 aromatic carbocycles. The summed E-state index contributed by atoms with van der Waals surface area (Å²) in [7, 11) is 0. The first-order valence-electron chi connectivity index (χ1n) is 7.08. The maximum atomic E-state index is 3.46. The molecule has 16 heavy (non-hydrogen) atoms. The summed E-state index contributed by atoms with van der Waals surface area (Å²) in [5.41, 5.74) is 0. The molecule has 0 spiro atoms. The first-order valence-corrected chi connectivity index (χ1v) is 7.08. The molecule has 2 atom stereocenters. The summed E-state index contributed by atoms with van der Waals surface area (Å²) in [5.74, 6) is 1.66. The van der Waals surface area contributed by atoms with Gasteiger partial charge in [0.25, 0.3) is 0 Å². The highest BCUT2D eigenvalue weighted by atomic mass is 14.9. The molecule has 2 N–H and O–H groups in total. The van der Waals surface area contributed by atoms with Gasteiger partial charge in [-0.15, -0.1) is 0 Å². The van der Waals surface area contributed by atoms with Crippen LogP contribution in [0.2, 0.25) is 0 Å². The summed E-state index contributed by atoms with van der Waals surface area (Å²) in [6, 6.07) is 1.63. The van der Waals surface area contributed by atoms with Crippen molar-refractivity contribution in [3.05, 3.63) is 0 Å². The monoisotopic (exact) mass is 226 g/mol.